The van der Waals surface area contributed by atoms with Gasteiger partial charge >= 0.3 is 0 Å². The summed E-state index contributed by atoms with van der Waals surface area (Å²) >= 11 is 0. The molecule has 6 heteroatoms. The quantitative estimate of drug-likeness (QED) is 0.903. The molecule has 5 nitrogen and oxygen atoms in total. The molecule has 0 aliphatic carbocycles. The third-order valence-corrected chi connectivity index (χ3v) is 6.18. The molecule has 134 valence electrons. The van der Waals surface area contributed by atoms with Crippen LogP contribution in [0.25, 0.3) is 5.57 Å². The molecule has 2 heterocycles. The van der Waals surface area contributed by atoms with E-state index in [0.29, 0.717) is 22.8 Å². The minimum Gasteiger partial charge on any atom is -0.297 e. The molecular weight excluding hydrogens is 346 g/mol. The van der Waals surface area contributed by atoms with Gasteiger partial charge in [0.15, 0.2) is 0 Å². The monoisotopic (exact) mass is 367 g/mol. The maximum absolute atomic E-state index is 12.1. The van der Waals surface area contributed by atoms with Crippen LogP contribution < -0.4 is 4.72 Å². The Morgan fingerprint density at radius 1 is 1.04 bits per heavy atom. The summed E-state index contributed by atoms with van der Waals surface area (Å²) in [5, 5.41) is 0. The first kappa shape index (κ1) is 17.0. The summed E-state index contributed by atoms with van der Waals surface area (Å²) in [6.07, 6.45) is 3.30. The highest BCUT2D eigenvalue weighted by Gasteiger charge is 2.29. The van der Waals surface area contributed by atoms with E-state index in [-0.39, 0.29) is 0 Å². The van der Waals surface area contributed by atoms with Crippen LogP contribution in [0.3, 0.4) is 0 Å². The molecule has 0 spiro atoms. The largest absolute Gasteiger partial charge is 0.297 e. The molecule has 0 saturated heterocycles. The normalized spacial score (nSPS) is 20.5. The van der Waals surface area contributed by atoms with E-state index in [0.717, 1.165) is 26.1 Å². The lowest BCUT2D eigenvalue weighted by Gasteiger charge is -2.25. The number of aliphatic imine (C=N–C) groups is 1. The second-order valence-corrected chi connectivity index (χ2v) is 8.13. The number of benzene rings is 2. The third-order valence-electron chi connectivity index (χ3n) is 4.79. The van der Waals surface area contributed by atoms with Crippen molar-refractivity contribution in [2.45, 2.75) is 11.3 Å². The van der Waals surface area contributed by atoms with Crippen LogP contribution in [0.15, 0.2) is 70.6 Å². The molecule has 0 aromatic heterocycles. The zero-order valence-electron chi connectivity index (χ0n) is 14.4. The first-order chi connectivity index (χ1) is 12.6. The van der Waals surface area contributed by atoms with Gasteiger partial charge in [-0.3, -0.25) is 14.6 Å². The first-order valence-electron chi connectivity index (χ1n) is 8.77. The topological polar surface area (TPSA) is 61.8 Å². The summed E-state index contributed by atoms with van der Waals surface area (Å²) in [7, 11) is -3.45. The fourth-order valence-electron chi connectivity index (χ4n) is 3.38. The van der Waals surface area contributed by atoms with Gasteiger partial charge in [-0.2, -0.15) is 0 Å². The average molecular weight is 367 g/mol. The summed E-state index contributed by atoms with van der Waals surface area (Å²) in [4.78, 5) is 7.15. The van der Waals surface area contributed by atoms with Crippen molar-refractivity contribution in [3.63, 3.8) is 0 Å². The SMILES string of the molecule is O=S1(=O)NC(=NCCN2CC=C(c3ccccc3)CC2)c2ccccc21. The van der Waals surface area contributed by atoms with Crippen LogP contribution in [0.1, 0.15) is 17.5 Å². The second-order valence-electron chi connectivity index (χ2n) is 6.48. The highest BCUT2D eigenvalue weighted by molar-refractivity contribution is 7.90. The predicted molar refractivity (Wildman–Crippen MR) is 104 cm³/mol. The zero-order valence-corrected chi connectivity index (χ0v) is 15.2. The van der Waals surface area contributed by atoms with E-state index in [1.165, 1.54) is 11.1 Å². The van der Waals surface area contributed by atoms with E-state index in [9.17, 15) is 8.42 Å². The molecule has 0 radical (unpaired) electrons. The summed E-state index contributed by atoms with van der Waals surface area (Å²) in [5.74, 6) is 0.457. The molecular formula is C20H21N3O2S. The molecule has 0 unspecified atom stereocenters. The molecule has 2 aromatic carbocycles. The fraction of sp³-hybridized carbons (Fsp3) is 0.250. The van der Waals surface area contributed by atoms with E-state index in [4.69, 9.17) is 0 Å². The minimum atomic E-state index is -3.45. The summed E-state index contributed by atoms with van der Waals surface area (Å²) < 4.78 is 26.7. The van der Waals surface area contributed by atoms with E-state index in [1.807, 2.05) is 12.1 Å². The number of rotatable bonds is 4. The van der Waals surface area contributed by atoms with Gasteiger partial charge < -0.3 is 0 Å². The van der Waals surface area contributed by atoms with Gasteiger partial charge in [0.1, 0.15) is 5.84 Å². The molecule has 2 aliphatic rings. The summed E-state index contributed by atoms with van der Waals surface area (Å²) in [6, 6.07) is 17.4. The Labute approximate surface area is 154 Å². The number of amidine groups is 1. The van der Waals surface area contributed by atoms with Crippen molar-refractivity contribution in [3.05, 3.63) is 71.8 Å². The Kier molecular flexibility index (Phi) is 4.61. The lowest BCUT2D eigenvalue weighted by Crippen LogP contribution is -2.31. The smallest absolute Gasteiger partial charge is 0.263 e. The Bertz CT molecular complexity index is 966. The van der Waals surface area contributed by atoms with Crippen LogP contribution in [0.5, 0.6) is 0 Å². The van der Waals surface area contributed by atoms with Crippen molar-refractivity contribution in [1.29, 1.82) is 0 Å². The van der Waals surface area contributed by atoms with Gasteiger partial charge in [-0.25, -0.2) is 8.42 Å². The van der Waals surface area contributed by atoms with Crippen LogP contribution >= 0.6 is 0 Å². The van der Waals surface area contributed by atoms with Gasteiger partial charge in [0.2, 0.25) is 0 Å². The molecule has 1 N–H and O–H groups in total. The minimum absolute atomic E-state index is 0.312. The molecule has 0 fully saturated rings. The van der Waals surface area contributed by atoms with E-state index in [1.54, 1.807) is 18.2 Å². The van der Waals surface area contributed by atoms with E-state index >= 15 is 0 Å². The van der Waals surface area contributed by atoms with Crippen molar-refractivity contribution in [1.82, 2.24) is 9.62 Å². The first-order valence-corrected chi connectivity index (χ1v) is 10.3. The lowest BCUT2D eigenvalue weighted by molar-refractivity contribution is 0.311. The molecule has 2 aromatic rings. The molecule has 2 aliphatic heterocycles. The number of sulfonamides is 1. The zero-order chi connectivity index (χ0) is 18.0. The summed E-state index contributed by atoms with van der Waals surface area (Å²) in [6.45, 7) is 3.28. The Morgan fingerprint density at radius 3 is 2.58 bits per heavy atom. The molecule has 0 amide bonds. The van der Waals surface area contributed by atoms with Gasteiger partial charge in [0.05, 0.1) is 11.4 Å². The standard InChI is InChI=1S/C20H21N3O2S/c24-26(25)19-9-5-4-8-18(19)20(22-26)21-12-15-23-13-10-17(11-14-23)16-6-2-1-3-7-16/h1-10H,11-15H2,(H,21,22). The van der Waals surface area contributed by atoms with Crippen molar-refractivity contribution < 1.29 is 8.42 Å². The maximum atomic E-state index is 12.1. The molecule has 26 heavy (non-hydrogen) atoms. The summed E-state index contributed by atoms with van der Waals surface area (Å²) in [5.41, 5.74) is 3.35. The van der Waals surface area contributed by atoms with Crippen LogP contribution in [0.4, 0.5) is 0 Å². The molecule has 0 atom stereocenters. The number of hydrogen-bond acceptors (Lipinski definition) is 4. The third kappa shape index (κ3) is 3.43. The van der Waals surface area contributed by atoms with Gasteiger partial charge in [0, 0.05) is 25.2 Å². The van der Waals surface area contributed by atoms with Crippen LogP contribution in [0, 0.1) is 0 Å². The highest BCUT2D eigenvalue weighted by atomic mass is 32.2. The highest BCUT2D eigenvalue weighted by Crippen LogP contribution is 2.23. The van der Waals surface area contributed by atoms with Gasteiger partial charge in [0.25, 0.3) is 10.0 Å². The van der Waals surface area contributed by atoms with Crippen LogP contribution in [-0.2, 0) is 10.0 Å². The Morgan fingerprint density at radius 2 is 1.81 bits per heavy atom. The molecule has 0 saturated carbocycles. The van der Waals surface area contributed by atoms with Crippen molar-refractivity contribution in [2.75, 3.05) is 26.2 Å². The van der Waals surface area contributed by atoms with Crippen molar-refractivity contribution in [3.8, 4) is 0 Å². The Balaban J connectivity index is 1.38. The van der Waals surface area contributed by atoms with Gasteiger partial charge in [-0.15, -0.1) is 0 Å². The Hall–Kier alpha value is -2.44. The average Bonchev–Trinajstić information content (AvgIpc) is 2.94. The second kappa shape index (κ2) is 7.05. The lowest BCUT2D eigenvalue weighted by atomic mass is 10.00. The van der Waals surface area contributed by atoms with Crippen molar-refractivity contribution in [2.24, 2.45) is 4.99 Å². The van der Waals surface area contributed by atoms with E-state index < -0.39 is 10.0 Å². The number of hydrogen-bond donors (Lipinski definition) is 1. The number of fused-ring (bicyclic) bond motifs is 1. The molecule has 4 rings (SSSR count). The van der Waals surface area contributed by atoms with Crippen molar-refractivity contribution >= 4 is 21.4 Å². The van der Waals surface area contributed by atoms with Crippen LogP contribution in [0.2, 0.25) is 0 Å². The number of nitrogens with zero attached hydrogens (tertiary/aromatic N) is 2. The maximum Gasteiger partial charge on any atom is 0.263 e. The van der Waals surface area contributed by atoms with Gasteiger partial charge in [-0.05, 0) is 29.7 Å². The van der Waals surface area contributed by atoms with Gasteiger partial charge in [-0.1, -0.05) is 48.5 Å². The fourth-order valence-corrected chi connectivity index (χ4v) is 4.63. The number of nitrogens with one attached hydrogen (secondary N) is 1. The predicted octanol–water partition coefficient (Wildman–Crippen LogP) is 2.51. The van der Waals surface area contributed by atoms with E-state index in [2.05, 4.69) is 45.0 Å². The molecule has 0 bridgehead atoms. The van der Waals surface area contributed by atoms with Crippen LogP contribution in [-0.4, -0.2) is 45.3 Å².